The Labute approximate surface area is 139 Å². The van der Waals surface area contributed by atoms with Crippen LogP contribution in [0.1, 0.15) is 44.0 Å². The summed E-state index contributed by atoms with van der Waals surface area (Å²) in [6, 6.07) is 20.5. The van der Waals surface area contributed by atoms with E-state index >= 15 is 0 Å². The molecule has 0 bridgehead atoms. The molecule has 2 N–H and O–H groups in total. The van der Waals surface area contributed by atoms with Crippen molar-refractivity contribution in [2.45, 2.75) is 32.9 Å². The Morgan fingerprint density at radius 2 is 1.39 bits per heavy atom. The Morgan fingerprint density at radius 3 is 1.91 bits per heavy atom. The summed E-state index contributed by atoms with van der Waals surface area (Å²) in [6.45, 7) is 6.64. The van der Waals surface area contributed by atoms with E-state index in [4.69, 9.17) is 0 Å². The van der Waals surface area contributed by atoms with E-state index in [2.05, 4.69) is 36.6 Å². The zero-order valence-corrected chi connectivity index (χ0v) is 14.1. The second kappa shape index (κ2) is 8.49. The highest BCUT2D eigenvalue weighted by molar-refractivity contribution is 5.78. The van der Waals surface area contributed by atoms with Gasteiger partial charge in [-0.15, -0.1) is 0 Å². The van der Waals surface area contributed by atoms with E-state index in [1.807, 2.05) is 55.5 Å². The Balaban J connectivity index is 1.89. The van der Waals surface area contributed by atoms with Gasteiger partial charge in [0.1, 0.15) is 0 Å². The molecule has 0 aromatic heterocycles. The average Bonchev–Trinajstić information content (AvgIpc) is 2.56. The summed E-state index contributed by atoms with van der Waals surface area (Å²) in [5.74, 6) is 0.430. The molecular weight excluding hydrogens is 284 g/mol. The number of nitrogens with one attached hydrogen (secondary N) is 2. The standard InChI is InChI=1S/C20H26N2O/c1-15(2)20(18-12-8-5-9-13-18)21-14-19(23)22-16(3)17-10-6-4-7-11-17/h4-13,15-16,20-21H,14H2,1-3H3,(H,22,23)/t16-,20-/m0/s1. The first-order valence-electron chi connectivity index (χ1n) is 8.20. The zero-order valence-electron chi connectivity index (χ0n) is 14.1. The third-order valence-electron chi connectivity index (χ3n) is 3.98. The van der Waals surface area contributed by atoms with Gasteiger partial charge in [0.25, 0.3) is 0 Å². The Morgan fingerprint density at radius 1 is 0.870 bits per heavy atom. The molecule has 122 valence electrons. The van der Waals surface area contributed by atoms with Crippen molar-refractivity contribution < 1.29 is 4.79 Å². The van der Waals surface area contributed by atoms with E-state index in [0.29, 0.717) is 12.5 Å². The Kier molecular flexibility index (Phi) is 6.36. The van der Waals surface area contributed by atoms with Gasteiger partial charge in [-0.25, -0.2) is 0 Å². The summed E-state index contributed by atoms with van der Waals surface area (Å²) in [5.41, 5.74) is 2.33. The molecule has 0 heterocycles. The van der Waals surface area contributed by atoms with E-state index in [9.17, 15) is 4.79 Å². The Bertz CT molecular complexity index is 596. The third kappa shape index (κ3) is 5.22. The topological polar surface area (TPSA) is 41.1 Å². The van der Waals surface area contributed by atoms with E-state index in [-0.39, 0.29) is 18.0 Å². The molecule has 0 saturated heterocycles. The Hall–Kier alpha value is -2.13. The van der Waals surface area contributed by atoms with Gasteiger partial charge >= 0.3 is 0 Å². The summed E-state index contributed by atoms with van der Waals surface area (Å²) in [6.07, 6.45) is 0. The minimum atomic E-state index is 0.0136. The predicted octanol–water partition coefficient (Wildman–Crippen LogP) is 3.85. The summed E-state index contributed by atoms with van der Waals surface area (Å²) in [4.78, 5) is 12.2. The van der Waals surface area contributed by atoms with Crippen molar-refractivity contribution in [2.24, 2.45) is 5.92 Å². The molecule has 0 saturated carbocycles. The molecule has 0 unspecified atom stereocenters. The molecule has 1 amide bonds. The lowest BCUT2D eigenvalue weighted by Gasteiger charge is -2.23. The van der Waals surface area contributed by atoms with Gasteiger partial charge in [-0.05, 0) is 24.0 Å². The third-order valence-corrected chi connectivity index (χ3v) is 3.98. The fourth-order valence-electron chi connectivity index (χ4n) is 2.72. The quantitative estimate of drug-likeness (QED) is 0.815. The maximum Gasteiger partial charge on any atom is 0.234 e. The highest BCUT2D eigenvalue weighted by atomic mass is 16.1. The maximum atomic E-state index is 12.2. The van der Waals surface area contributed by atoms with E-state index < -0.39 is 0 Å². The molecule has 2 atom stereocenters. The SMILES string of the molecule is CC(C)[C@H](NCC(=O)N[C@@H](C)c1ccccc1)c1ccccc1. The molecule has 0 aliphatic heterocycles. The highest BCUT2D eigenvalue weighted by Crippen LogP contribution is 2.21. The number of amides is 1. The van der Waals surface area contributed by atoms with Crippen LogP contribution in [0.5, 0.6) is 0 Å². The summed E-state index contributed by atoms with van der Waals surface area (Å²) < 4.78 is 0. The lowest BCUT2D eigenvalue weighted by molar-refractivity contribution is -0.121. The van der Waals surface area contributed by atoms with Crippen LogP contribution in [0.15, 0.2) is 60.7 Å². The largest absolute Gasteiger partial charge is 0.348 e. The van der Waals surface area contributed by atoms with Crippen LogP contribution in [-0.2, 0) is 4.79 Å². The molecule has 2 aromatic carbocycles. The fraction of sp³-hybridized carbons (Fsp3) is 0.350. The molecule has 23 heavy (non-hydrogen) atoms. The maximum absolute atomic E-state index is 12.2. The molecule has 2 aromatic rings. The van der Waals surface area contributed by atoms with Gasteiger partial charge in [-0.3, -0.25) is 4.79 Å². The van der Waals surface area contributed by atoms with Gasteiger partial charge < -0.3 is 10.6 Å². The lowest BCUT2D eigenvalue weighted by atomic mass is 9.96. The van der Waals surface area contributed by atoms with Crippen LogP contribution in [0.2, 0.25) is 0 Å². The minimum Gasteiger partial charge on any atom is -0.348 e. The van der Waals surface area contributed by atoms with Crippen LogP contribution >= 0.6 is 0 Å². The smallest absolute Gasteiger partial charge is 0.234 e. The van der Waals surface area contributed by atoms with Crippen LogP contribution in [0.4, 0.5) is 0 Å². The summed E-state index contributed by atoms with van der Waals surface area (Å²) in [7, 11) is 0. The van der Waals surface area contributed by atoms with Crippen LogP contribution in [-0.4, -0.2) is 12.5 Å². The monoisotopic (exact) mass is 310 g/mol. The van der Waals surface area contributed by atoms with Crippen LogP contribution in [0, 0.1) is 5.92 Å². The average molecular weight is 310 g/mol. The van der Waals surface area contributed by atoms with Crippen molar-refractivity contribution in [3.8, 4) is 0 Å². The minimum absolute atomic E-state index is 0.0136. The molecule has 0 fully saturated rings. The van der Waals surface area contributed by atoms with Crippen molar-refractivity contribution in [1.29, 1.82) is 0 Å². The summed E-state index contributed by atoms with van der Waals surface area (Å²) in [5, 5.41) is 6.42. The van der Waals surface area contributed by atoms with Crippen LogP contribution < -0.4 is 10.6 Å². The predicted molar refractivity (Wildman–Crippen MR) is 95.0 cm³/mol. The van der Waals surface area contributed by atoms with Crippen molar-refractivity contribution >= 4 is 5.91 Å². The lowest BCUT2D eigenvalue weighted by Crippen LogP contribution is -2.38. The second-order valence-corrected chi connectivity index (χ2v) is 6.21. The number of hydrogen-bond acceptors (Lipinski definition) is 2. The molecule has 3 heteroatoms. The number of hydrogen-bond donors (Lipinski definition) is 2. The van der Waals surface area contributed by atoms with Crippen molar-refractivity contribution in [2.75, 3.05) is 6.54 Å². The van der Waals surface area contributed by atoms with Gasteiger partial charge in [-0.2, -0.15) is 0 Å². The van der Waals surface area contributed by atoms with Gasteiger partial charge in [0.05, 0.1) is 12.6 Å². The van der Waals surface area contributed by atoms with Crippen molar-refractivity contribution in [1.82, 2.24) is 10.6 Å². The van der Waals surface area contributed by atoms with Gasteiger partial charge in [0.15, 0.2) is 0 Å². The molecule has 0 aliphatic rings. The molecule has 0 spiro atoms. The normalized spacial score (nSPS) is 13.6. The first kappa shape index (κ1) is 17.2. The highest BCUT2D eigenvalue weighted by Gasteiger charge is 2.17. The van der Waals surface area contributed by atoms with Crippen LogP contribution in [0.25, 0.3) is 0 Å². The molecule has 0 radical (unpaired) electrons. The molecular formula is C20H26N2O. The number of carbonyl (C=O) groups is 1. The van der Waals surface area contributed by atoms with Crippen LogP contribution in [0.3, 0.4) is 0 Å². The van der Waals surface area contributed by atoms with E-state index in [0.717, 1.165) is 5.56 Å². The number of carbonyl (C=O) groups excluding carboxylic acids is 1. The first-order valence-corrected chi connectivity index (χ1v) is 8.20. The summed E-state index contributed by atoms with van der Waals surface area (Å²) >= 11 is 0. The van der Waals surface area contributed by atoms with Crippen molar-refractivity contribution in [3.63, 3.8) is 0 Å². The first-order chi connectivity index (χ1) is 11.1. The van der Waals surface area contributed by atoms with E-state index in [1.54, 1.807) is 0 Å². The molecule has 2 rings (SSSR count). The number of rotatable bonds is 7. The molecule has 0 aliphatic carbocycles. The number of benzene rings is 2. The van der Waals surface area contributed by atoms with Gasteiger partial charge in [0, 0.05) is 6.04 Å². The van der Waals surface area contributed by atoms with Crippen molar-refractivity contribution in [3.05, 3.63) is 71.8 Å². The molecule has 3 nitrogen and oxygen atoms in total. The van der Waals surface area contributed by atoms with Gasteiger partial charge in [0.2, 0.25) is 5.91 Å². The van der Waals surface area contributed by atoms with E-state index in [1.165, 1.54) is 5.56 Å². The zero-order chi connectivity index (χ0) is 16.7. The fourth-order valence-corrected chi connectivity index (χ4v) is 2.72. The second-order valence-electron chi connectivity index (χ2n) is 6.21. The van der Waals surface area contributed by atoms with Gasteiger partial charge in [-0.1, -0.05) is 74.5 Å².